The van der Waals surface area contributed by atoms with Crippen LogP contribution in [0.4, 0.5) is 22.0 Å². The molecule has 0 saturated carbocycles. The predicted octanol–water partition coefficient (Wildman–Crippen LogP) is 2.29. The standard InChI is InChI=1S/C9H11BrF5NO2/c1-2-5(6(17)3-10)4-16-7(18)8(11,12)9(13,14)15/h5H,2-4H2,1H3,(H,16,18). The molecule has 106 valence electrons. The molecule has 0 radical (unpaired) electrons. The number of carbonyl (C=O) groups is 2. The third-order valence-corrected chi connectivity index (χ3v) is 2.78. The molecule has 0 aliphatic heterocycles. The number of hydrogen-bond acceptors (Lipinski definition) is 2. The Kier molecular flexibility index (Phi) is 6.18. The van der Waals surface area contributed by atoms with Crippen LogP contribution in [0.3, 0.4) is 0 Å². The van der Waals surface area contributed by atoms with Crippen molar-refractivity contribution in [3.63, 3.8) is 0 Å². The summed E-state index contributed by atoms with van der Waals surface area (Å²) >= 11 is 2.84. The van der Waals surface area contributed by atoms with Crippen LogP contribution in [0.5, 0.6) is 0 Å². The molecule has 9 heteroatoms. The van der Waals surface area contributed by atoms with E-state index in [0.717, 1.165) is 0 Å². The number of carbonyl (C=O) groups excluding carboxylic acids is 2. The van der Waals surface area contributed by atoms with Crippen molar-refractivity contribution in [2.24, 2.45) is 5.92 Å². The van der Waals surface area contributed by atoms with Crippen LogP contribution in [-0.2, 0) is 9.59 Å². The quantitative estimate of drug-likeness (QED) is 0.596. The van der Waals surface area contributed by atoms with E-state index in [0.29, 0.717) is 0 Å². The summed E-state index contributed by atoms with van der Waals surface area (Å²) in [5.41, 5.74) is 0. The van der Waals surface area contributed by atoms with E-state index in [1.807, 2.05) is 0 Å². The number of ketones is 1. The SMILES string of the molecule is CCC(CNC(=O)C(F)(F)C(F)(F)F)C(=O)CBr. The molecular formula is C9H11BrF5NO2. The fourth-order valence-corrected chi connectivity index (χ4v) is 1.51. The van der Waals surface area contributed by atoms with E-state index in [1.54, 1.807) is 6.92 Å². The van der Waals surface area contributed by atoms with Crippen LogP contribution >= 0.6 is 15.9 Å². The minimum atomic E-state index is -5.95. The molecule has 18 heavy (non-hydrogen) atoms. The van der Waals surface area contributed by atoms with Crippen molar-refractivity contribution in [1.82, 2.24) is 5.32 Å². The lowest BCUT2D eigenvalue weighted by Crippen LogP contribution is -2.51. The molecule has 0 heterocycles. The molecule has 1 N–H and O–H groups in total. The van der Waals surface area contributed by atoms with Crippen molar-refractivity contribution in [3.05, 3.63) is 0 Å². The summed E-state index contributed by atoms with van der Waals surface area (Å²) in [6.45, 7) is 1.00. The van der Waals surface area contributed by atoms with E-state index in [9.17, 15) is 31.5 Å². The van der Waals surface area contributed by atoms with Gasteiger partial charge < -0.3 is 5.32 Å². The Labute approximate surface area is 108 Å². The normalized spacial score (nSPS) is 14.2. The second-order valence-electron chi connectivity index (χ2n) is 3.49. The Morgan fingerprint density at radius 3 is 2.06 bits per heavy atom. The highest BCUT2D eigenvalue weighted by Gasteiger charge is 2.63. The molecule has 0 aromatic carbocycles. The highest BCUT2D eigenvalue weighted by molar-refractivity contribution is 9.09. The molecule has 1 amide bonds. The van der Waals surface area contributed by atoms with Crippen LogP contribution in [-0.4, -0.2) is 35.7 Å². The molecule has 0 aliphatic carbocycles. The molecule has 1 atom stereocenters. The van der Waals surface area contributed by atoms with Crippen molar-refractivity contribution in [2.75, 3.05) is 11.9 Å². The third-order valence-electron chi connectivity index (χ3n) is 2.23. The number of hydrogen-bond donors (Lipinski definition) is 1. The summed E-state index contributed by atoms with van der Waals surface area (Å²) in [5.74, 6) is -9.08. The molecule has 0 aliphatic rings. The van der Waals surface area contributed by atoms with Gasteiger partial charge in [0, 0.05) is 12.5 Å². The summed E-state index contributed by atoms with van der Waals surface area (Å²) in [6, 6.07) is 0. The van der Waals surface area contributed by atoms with Gasteiger partial charge in [0.15, 0.2) is 0 Å². The van der Waals surface area contributed by atoms with Gasteiger partial charge in [0.25, 0.3) is 5.91 Å². The Morgan fingerprint density at radius 1 is 1.22 bits per heavy atom. The largest absolute Gasteiger partial charge is 0.463 e. The maximum atomic E-state index is 12.5. The average molecular weight is 340 g/mol. The maximum Gasteiger partial charge on any atom is 0.463 e. The van der Waals surface area contributed by atoms with Crippen molar-refractivity contribution < 1.29 is 31.5 Å². The van der Waals surface area contributed by atoms with Crippen molar-refractivity contribution in [3.8, 4) is 0 Å². The van der Waals surface area contributed by atoms with Gasteiger partial charge in [0.2, 0.25) is 0 Å². The van der Waals surface area contributed by atoms with Gasteiger partial charge >= 0.3 is 12.1 Å². The van der Waals surface area contributed by atoms with Gasteiger partial charge in [-0.3, -0.25) is 9.59 Å². The van der Waals surface area contributed by atoms with E-state index >= 15 is 0 Å². The van der Waals surface area contributed by atoms with Gasteiger partial charge in [0.05, 0.1) is 5.33 Å². The van der Waals surface area contributed by atoms with E-state index < -0.39 is 30.5 Å². The molecule has 0 aromatic rings. The third kappa shape index (κ3) is 4.18. The minimum absolute atomic E-state index is 0.0585. The number of nitrogens with one attached hydrogen (secondary N) is 1. The molecule has 1 unspecified atom stereocenters. The van der Waals surface area contributed by atoms with Crippen LogP contribution in [0.25, 0.3) is 0 Å². The highest BCUT2D eigenvalue weighted by Crippen LogP contribution is 2.35. The zero-order valence-corrected chi connectivity index (χ0v) is 10.9. The molecule has 0 bridgehead atoms. The Balaban J connectivity index is 4.55. The van der Waals surface area contributed by atoms with Crippen molar-refractivity contribution in [2.45, 2.75) is 25.4 Å². The summed E-state index contributed by atoms with van der Waals surface area (Å²) in [6.07, 6.45) is -5.72. The van der Waals surface area contributed by atoms with Crippen molar-refractivity contribution in [1.29, 1.82) is 0 Å². The van der Waals surface area contributed by atoms with Crippen LogP contribution in [0.1, 0.15) is 13.3 Å². The first kappa shape index (κ1) is 17.3. The molecule has 3 nitrogen and oxygen atoms in total. The number of Topliss-reactive ketones (excluding diaryl/α,β-unsaturated/α-hetero) is 1. The molecule has 0 aromatic heterocycles. The summed E-state index contributed by atoms with van der Waals surface area (Å²) < 4.78 is 60.5. The van der Waals surface area contributed by atoms with Gasteiger partial charge in [-0.05, 0) is 6.42 Å². The first-order valence-corrected chi connectivity index (χ1v) is 6.01. The fourth-order valence-electron chi connectivity index (χ4n) is 1.05. The lowest BCUT2D eigenvalue weighted by Gasteiger charge is -2.20. The number of alkyl halides is 6. The molecule has 0 spiro atoms. The Bertz CT molecular complexity index is 319. The molecular weight excluding hydrogens is 329 g/mol. The van der Waals surface area contributed by atoms with Crippen LogP contribution in [0.2, 0.25) is 0 Å². The van der Waals surface area contributed by atoms with E-state index in [2.05, 4.69) is 15.9 Å². The first-order valence-electron chi connectivity index (χ1n) is 4.89. The molecule has 0 fully saturated rings. The zero-order valence-electron chi connectivity index (χ0n) is 9.28. The average Bonchev–Trinajstić information content (AvgIpc) is 2.27. The van der Waals surface area contributed by atoms with Gasteiger partial charge in [-0.1, -0.05) is 22.9 Å². The second-order valence-corrected chi connectivity index (χ2v) is 4.05. The number of amides is 1. The number of rotatable bonds is 6. The first-order chi connectivity index (χ1) is 8.07. The number of halogens is 6. The lowest BCUT2D eigenvalue weighted by molar-refractivity contribution is -0.269. The van der Waals surface area contributed by atoms with Crippen LogP contribution in [0, 0.1) is 5.92 Å². The topological polar surface area (TPSA) is 46.2 Å². The second kappa shape index (κ2) is 6.44. The monoisotopic (exact) mass is 339 g/mol. The van der Waals surface area contributed by atoms with Gasteiger partial charge in [0.1, 0.15) is 5.78 Å². The highest BCUT2D eigenvalue weighted by atomic mass is 79.9. The van der Waals surface area contributed by atoms with E-state index in [1.165, 1.54) is 5.32 Å². The van der Waals surface area contributed by atoms with Crippen LogP contribution in [0.15, 0.2) is 0 Å². The predicted molar refractivity (Wildman–Crippen MR) is 56.6 cm³/mol. The van der Waals surface area contributed by atoms with E-state index in [-0.39, 0.29) is 17.5 Å². The maximum absolute atomic E-state index is 12.5. The summed E-state index contributed by atoms with van der Waals surface area (Å²) in [5, 5.41) is 1.39. The summed E-state index contributed by atoms with van der Waals surface area (Å²) in [4.78, 5) is 21.9. The van der Waals surface area contributed by atoms with Gasteiger partial charge in [-0.25, -0.2) is 0 Å². The molecule has 0 rings (SSSR count). The Hall–Kier alpha value is -0.730. The fraction of sp³-hybridized carbons (Fsp3) is 0.778. The lowest BCUT2D eigenvalue weighted by atomic mass is 10.0. The van der Waals surface area contributed by atoms with E-state index in [4.69, 9.17) is 0 Å². The van der Waals surface area contributed by atoms with Gasteiger partial charge in [-0.15, -0.1) is 0 Å². The Morgan fingerprint density at radius 2 is 1.72 bits per heavy atom. The van der Waals surface area contributed by atoms with Crippen LogP contribution < -0.4 is 5.32 Å². The van der Waals surface area contributed by atoms with Crippen molar-refractivity contribution >= 4 is 27.6 Å². The van der Waals surface area contributed by atoms with Gasteiger partial charge in [-0.2, -0.15) is 22.0 Å². The summed E-state index contributed by atoms with van der Waals surface area (Å²) in [7, 11) is 0. The smallest absolute Gasteiger partial charge is 0.350 e. The zero-order chi connectivity index (χ0) is 14.6. The molecule has 0 saturated heterocycles. The minimum Gasteiger partial charge on any atom is -0.350 e.